The minimum Gasteiger partial charge on any atom is -0.379 e. The van der Waals surface area contributed by atoms with Gasteiger partial charge in [-0.15, -0.1) is 0 Å². The molecule has 1 saturated heterocycles. The summed E-state index contributed by atoms with van der Waals surface area (Å²) in [6, 6.07) is 5.43. The van der Waals surface area contributed by atoms with Gasteiger partial charge in [0.1, 0.15) is 5.78 Å². The number of Topliss-reactive ketones (excluding diaryl/α,β-unsaturated/α-hetero) is 1. The highest BCUT2D eigenvalue weighted by Gasteiger charge is 2.22. The summed E-state index contributed by atoms with van der Waals surface area (Å²) in [6.45, 7) is 4.14. The number of ether oxygens (including phenoxy) is 1. The third-order valence-electron chi connectivity index (χ3n) is 4.57. The van der Waals surface area contributed by atoms with Crippen LogP contribution in [0, 0.1) is 5.92 Å². The van der Waals surface area contributed by atoms with Crippen LogP contribution in [0.3, 0.4) is 0 Å². The van der Waals surface area contributed by atoms with Gasteiger partial charge in [0, 0.05) is 37.5 Å². The zero-order chi connectivity index (χ0) is 16.2. The molecular weight excluding hydrogens is 292 g/mol. The van der Waals surface area contributed by atoms with Gasteiger partial charge in [0.05, 0.1) is 13.2 Å². The predicted octanol–water partition coefficient (Wildman–Crippen LogP) is 1.26. The molecule has 2 aliphatic rings. The van der Waals surface area contributed by atoms with Crippen molar-refractivity contribution in [2.75, 3.05) is 32.8 Å². The summed E-state index contributed by atoms with van der Waals surface area (Å²) in [7, 11) is 0. The lowest BCUT2D eigenvalue weighted by Gasteiger charge is -2.27. The molecule has 1 unspecified atom stereocenters. The van der Waals surface area contributed by atoms with Crippen molar-refractivity contribution in [1.82, 2.24) is 4.90 Å². The van der Waals surface area contributed by atoms with E-state index in [2.05, 4.69) is 4.90 Å². The van der Waals surface area contributed by atoms with E-state index < -0.39 is 5.91 Å². The number of hydrogen-bond acceptors (Lipinski definition) is 4. The molecule has 2 N–H and O–H groups in total. The zero-order valence-electron chi connectivity index (χ0n) is 13.2. The number of morpholine rings is 1. The Morgan fingerprint density at radius 1 is 1.26 bits per heavy atom. The van der Waals surface area contributed by atoms with Crippen molar-refractivity contribution < 1.29 is 14.3 Å². The first-order valence-corrected chi connectivity index (χ1v) is 8.07. The van der Waals surface area contributed by atoms with Crippen LogP contribution in [0.5, 0.6) is 0 Å². The number of primary amides is 1. The lowest BCUT2D eigenvalue weighted by atomic mass is 9.85. The molecule has 1 fully saturated rings. The molecule has 1 amide bonds. The Kier molecular flexibility index (Phi) is 4.88. The Hall–Kier alpha value is -1.98. The fourth-order valence-corrected chi connectivity index (χ4v) is 3.11. The van der Waals surface area contributed by atoms with Crippen molar-refractivity contribution >= 4 is 17.8 Å². The molecular formula is C18H22N2O3. The van der Waals surface area contributed by atoms with Gasteiger partial charge in [0.2, 0.25) is 5.91 Å². The van der Waals surface area contributed by atoms with Gasteiger partial charge in [-0.25, -0.2) is 0 Å². The molecule has 0 radical (unpaired) electrons. The largest absolute Gasteiger partial charge is 0.379 e. The van der Waals surface area contributed by atoms with Crippen molar-refractivity contribution in [3.63, 3.8) is 0 Å². The molecule has 5 heteroatoms. The third-order valence-corrected chi connectivity index (χ3v) is 4.57. The second-order valence-corrected chi connectivity index (χ2v) is 6.12. The number of ketones is 1. The molecule has 5 nitrogen and oxygen atoms in total. The average Bonchev–Trinajstić information content (AvgIpc) is 2.59. The normalized spacial score (nSPS) is 21.0. The average molecular weight is 314 g/mol. The molecule has 0 bridgehead atoms. The maximum absolute atomic E-state index is 12.4. The molecule has 3 rings (SSSR count). The Balaban J connectivity index is 1.59. The summed E-state index contributed by atoms with van der Waals surface area (Å²) in [5, 5.41) is 0. The molecule has 1 aliphatic heterocycles. The number of amides is 1. The molecule has 0 aromatic heterocycles. The van der Waals surface area contributed by atoms with Crippen molar-refractivity contribution in [3.05, 3.63) is 41.0 Å². The summed E-state index contributed by atoms with van der Waals surface area (Å²) in [4.78, 5) is 25.9. The van der Waals surface area contributed by atoms with E-state index in [9.17, 15) is 9.59 Å². The molecule has 1 aromatic rings. The standard InChI is InChI=1S/C18H22N2O3/c19-18(22)16-4-2-13-11-15(3-1-14(13)12-16)17(21)5-6-20-7-9-23-10-8-20/h1-4,12,15H,5-11H2,(H2,19,22). The zero-order valence-corrected chi connectivity index (χ0v) is 13.2. The Labute approximate surface area is 136 Å². The van der Waals surface area contributed by atoms with Crippen LogP contribution in [-0.4, -0.2) is 49.4 Å². The van der Waals surface area contributed by atoms with E-state index in [0.717, 1.165) is 44.0 Å². The molecule has 0 saturated carbocycles. The van der Waals surface area contributed by atoms with Crippen molar-refractivity contribution in [2.24, 2.45) is 11.7 Å². The fourth-order valence-electron chi connectivity index (χ4n) is 3.11. The van der Waals surface area contributed by atoms with Gasteiger partial charge < -0.3 is 10.5 Å². The van der Waals surface area contributed by atoms with Crippen molar-refractivity contribution in [3.8, 4) is 0 Å². The van der Waals surface area contributed by atoms with Crippen LogP contribution in [0.25, 0.3) is 6.08 Å². The van der Waals surface area contributed by atoms with E-state index in [1.54, 1.807) is 12.1 Å². The predicted molar refractivity (Wildman–Crippen MR) is 88.1 cm³/mol. The van der Waals surface area contributed by atoms with Gasteiger partial charge in [-0.2, -0.15) is 0 Å². The maximum atomic E-state index is 12.4. The highest BCUT2D eigenvalue weighted by Crippen LogP contribution is 2.25. The highest BCUT2D eigenvalue weighted by atomic mass is 16.5. The number of fused-ring (bicyclic) bond motifs is 1. The lowest BCUT2D eigenvalue weighted by Crippen LogP contribution is -2.38. The van der Waals surface area contributed by atoms with Gasteiger partial charge in [-0.05, 0) is 29.7 Å². The van der Waals surface area contributed by atoms with Crippen LogP contribution >= 0.6 is 0 Å². The SMILES string of the molecule is NC(=O)c1ccc2c(c1)C=CC(C(=O)CCN1CCOCC1)C2. The van der Waals surface area contributed by atoms with Gasteiger partial charge in [-0.3, -0.25) is 14.5 Å². The van der Waals surface area contributed by atoms with Crippen LogP contribution in [0.15, 0.2) is 24.3 Å². The quantitative estimate of drug-likeness (QED) is 0.888. The van der Waals surface area contributed by atoms with E-state index in [-0.39, 0.29) is 11.7 Å². The van der Waals surface area contributed by atoms with E-state index >= 15 is 0 Å². The Bertz CT molecular complexity index is 633. The molecule has 1 atom stereocenters. The van der Waals surface area contributed by atoms with E-state index in [1.165, 1.54) is 0 Å². The number of nitrogens with two attached hydrogens (primary N) is 1. The number of rotatable bonds is 5. The van der Waals surface area contributed by atoms with Crippen LogP contribution in [0.2, 0.25) is 0 Å². The van der Waals surface area contributed by atoms with Crippen LogP contribution in [-0.2, 0) is 16.0 Å². The molecule has 1 aromatic carbocycles. The summed E-state index contributed by atoms with van der Waals surface area (Å²) in [5.74, 6) is -0.217. The molecule has 0 spiro atoms. The highest BCUT2D eigenvalue weighted by molar-refractivity contribution is 5.94. The summed E-state index contributed by atoms with van der Waals surface area (Å²) >= 11 is 0. The number of nitrogens with zero attached hydrogens (tertiary/aromatic N) is 1. The first-order chi connectivity index (χ1) is 11.1. The number of hydrogen-bond donors (Lipinski definition) is 1. The minimum atomic E-state index is -0.426. The van der Waals surface area contributed by atoms with Gasteiger partial charge in [0.15, 0.2) is 0 Å². The van der Waals surface area contributed by atoms with E-state index in [1.807, 2.05) is 18.2 Å². The Morgan fingerprint density at radius 2 is 2.04 bits per heavy atom. The smallest absolute Gasteiger partial charge is 0.248 e. The minimum absolute atomic E-state index is 0.0667. The van der Waals surface area contributed by atoms with E-state index in [4.69, 9.17) is 10.5 Å². The first kappa shape index (κ1) is 15.9. The van der Waals surface area contributed by atoms with Crippen LogP contribution < -0.4 is 5.73 Å². The second kappa shape index (κ2) is 7.06. The van der Waals surface area contributed by atoms with Crippen LogP contribution in [0.4, 0.5) is 0 Å². The number of carbonyl (C=O) groups excluding carboxylic acids is 2. The molecule has 1 heterocycles. The first-order valence-electron chi connectivity index (χ1n) is 8.07. The lowest BCUT2D eigenvalue weighted by molar-refractivity contribution is -0.122. The summed E-state index contributed by atoms with van der Waals surface area (Å²) < 4.78 is 5.32. The Morgan fingerprint density at radius 3 is 2.78 bits per heavy atom. The summed E-state index contributed by atoms with van der Waals surface area (Å²) in [6.07, 6.45) is 5.16. The fraction of sp³-hybridized carbons (Fsp3) is 0.444. The van der Waals surface area contributed by atoms with E-state index in [0.29, 0.717) is 18.4 Å². The van der Waals surface area contributed by atoms with Gasteiger partial charge >= 0.3 is 0 Å². The number of benzene rings is 1. The molecule has 122 valence electrons. The topological polar surface area (TPSA) is 72.6 Å². The maximum Gasteiger partial charge on any atom is 0.248 e. The molecule has 1 aliphatic carbocycles. The van der Waals surface area contributed by atoms with Crippen molar-refractivity contribution in [2.45, 2.75) is 12.8 Å². The third kappa shape index (κ3) is 3.86. The number of carbonyl (C=O) groups is 2. The van der Waals surface area contributed by atoms with Crippen LogP contribution in [0.1, 0.15) is 27.9 Å². The monoisotopic (exact) mass is 314 g/mol. The summed E-state index contributed by atoms with van der Waals surface area (Å²) in [5.41, 5.74) is 7.89. The molecule has 23 heavy (non-hydrogen) atoms. The second-order valence-electron chi connectivity index (χ2n) is 6.12. The van der Waals surface area contributed by atoms with Gasteiger partial charge in [-0.1, -0.05) is 18.2 Å². The van der Waals surface area contributed by atoms with Crippen molar-refractivity contribution in [1.29, 1.82) is 0 Å². The number of allylic oxidation sites excluding steroid dienone is 1. The van der Waals surface area contributed by atoms with Gasteiger partial charge in [0.25, 0.3) is 0 Å².